The summed E-state index contributed by atoms with van der Waals surface area (Å²) in [6, 6.07) is 16.2. The molecule has 0 aliphatic rings. The molecule has 6 heteroatoms. The van der Waals surface area contributed by atoms with E-state index < -0.39 is 11.1 Å². The van der Waals surface area contributed by atoms with Gasteiger partial charge in [-0.25, -0.2) is 4.21 Å². The summed E-state index contributed by atoms with van der Waals surface area (Å²) in [5, 5.41) is 0. The van der Waals surface area contributed by atoms with Crippen molar-refractivity contribution >= 4 is 44.0 Å². The molecule has 118 valence electrons. The van der Waals surface area contributed by atoms with E-state index in [1.807, 2.05) is 24.3 Å². The van der Waals surface area contributed by atoms with Gasteiger partial charge in [0, 0.05) is 5.56 Å². The predicted molar refractivity (Wildman–Crippen MR) is 103 cm³/mol. The second-order valence-electron chi connectivity index (χ2n) is 5.19. The summed E-state index contributed by atoms with van der Waals surface area (Å²) in [4.78, 5) is 1.15. The first-order valence-electron chi connectivity index (χ1n) is 6.91. The fourth-order valence-electron chi connectivity index (χ4n) is 2.31. The number of benzene rings is 2. The largest absolute Gasteiger partial charge is 0.306 e. The highest BCUT2D eigenvalue weighted by atomic mass is 32.9. The fraction of sp³-hybridized carbons (Fsp3) is 0.118. The zero-order valence-corrected chi connectivity index (χ0v) is 15.6. The molecule has 2 nitrogen and oxygen atoms in total. The van der Waals surface area contributed by atoms with Gasteiger partial charge in [-0.15, -0.1) is 0 Å². The van der Waals surface area contributed by atoms with Crippen LogP contribution in [0, 0.1) is 10.7 Å². The van der Waals surface area contributed by atoms with Crippen molar-refractivity contribution in [2.24, 2.45) is 0 Å². The van der Waals surface area contributed by atoms with E-state index in [1.165, 1.54) is 5.56 Å². The zero-order valence-electron chi connectivity index (χ0n) is 12.3. The van der Waals surface area contributed by atoms with Crippen LogP contribution in [-0.4, -0.2) is 8.76 Å². The fourth-order valence-corrected chi connectivity index (χ4v) is 5.71. The van der Waals surface area contributed by atoms with Crippen molar-refractivity contribution in [1.29, 1.82) is 0 Å². The number of rotatable bonds is 4. The van der Waals surface area contributed by atoms with Crippen LogP contribution in [0.1, 0.15) is 11.1 Å². The molecule has 1 heterocycles. The van der Waals surface area contributed by atoms with Crippen molar-refractivity contribution < 1.29 is 8.76 Å². The Balaban J connectivity index is 2.02. The molecule has 0 spiro atoms. The maximum absolute atomic E-state index is 10.9. The van der Waals surface area contributed by atoms with Gasteiger partial charge < -0.3 is 4.55 Å². The Labute approximate surface area is 150 Å². The van der Waals surface area contributed by atoms with Crippen molar-refractivity contribution in [2.45, 2.75) is 12.7 Å². The van der Waals surface area contributed by atoms with Crippen LogP contribution >= 0.6 is 32.9 Å². The van der Waals surface area contributed by atoms with E-state index in [-0.39, 0.29) is 5.75 Å². The first-order valence-corrected chi connectivity index (χ1v) is 10.7. The Hall–Kier alpha value is -1.18. The Kier molecular flexibility index (Phi) is 5.18. The van der Waals surface area contributed by atoms with Crippen molar-refractivity contribution in [1.82, 2.24) is 0 Å². The molecule has 23 heavy (non-hydrogen) atoms. The Morgan fingerprint density at radius 1 is 1.00 bits per heavy atom. The van der Waals surface area contributed by atoms with Crippen molar-refractivity contribution in [2.75, 3.05) is 0 Å². The first-order chi connectivity index (χ1) is 11.0. The second-order valence-corrected chi connectivity index (χ2v) is 8.94. The summed E-state index contributed by atoms with van der Waals surface area (Å²) < 4.78 is 20.8. The lowest BCUT2D eigenvalue weighted by Crippen LogP contribution is -1.92. The average Bonchev–Trinajstić information content (AvgIpc) is 2.90. The first kappa shape index (κ1) is 16.7. The smallest absolute Gasteiger partial charge is 0.157 e. The minimum Gasteiger partial charge on any atom is -0.306 e. The molecule has 0 fully saturated rings. The topological polar surface area (TPSA) is 37.3 Å². The Morgan fingerprint density at radius 2 is 1.61 bits per heavy atom. The number of hydrogen-bond donors (Lipinski definition) is 1. The molecule has 0 saturated carbocycles. The van der Waals surface area contributed by atoms with E-state index in [2.05, 4.69) is 31.2 Å². The summed E-state index contributed by atoms with van der Waals surface area (Å²) in [5.74, 6) is 0.157. The van der Waals surface area contributed by atoms with Crippen molar-refractivity contribution in [3.05, 3.63) is 63.5 Å². The van der Waals surface area contributed by atoms with Crippen LogP contribution in [0.25, 0.3) is 21.6 Å². The lowest BCUT2D eigenvalue weighted by atomic mass is 10.0. The highest BCUT2D eigenvalue weighted by Gasteiger charge is 2.13. The monoisotopic (exact) mass is 378 g/mol. The molecule has 3 aromatic rings. The minimum atomic E-state index is -1.81. The zero-order chi connectivity index (χ0) is 16.4. The maximum atomic E-state index is 10.9. The summed E-state index contributed by atoms with van der Waals surface area (Å²) in [6.45, 7) is 2.07. The molecule has 1 N–H and O–H groups in total. The lowest BCUT2D eigenvalue weighted by Gasteiger charge is -2.05. The molecule has 3 rings (SSSR count). The third-order valence-corrected chi connectivity index (χ3v) is 7.12. The van der Waals surface area contributed by atoms with Crippen molar-refractivity contribution in [3.8, 4) is 21.6 Å². The third-order valence-electron chi connectivity index (χ3n) is 3.48. The molecular weight excluding hydrogens is 364 g/mol. The van der Waals surface area contributed by atoms with Crippen LogP contribution in [0.5, 0.6) is 0 Å². The standard InChI is InChI=1S/C17H14O2S4/c1-11-2-6-13(7-3-11)15-16(21-22-17(15)20)14-8-4-12(5-9-14)10-23(18)19/h2-9H,10H2,1H3,(H,18,19). The summed E-state index contributed by atoms with van der Waals surface area (Å²) in [5.41, 5.74) is 5.40. The quantitative estimate of drug-likeness (QED) is 0.349. The van der Waals surface area contributed by atoms with Gasteiger partial charge in [0.1, 0.15) is 3.82 Å². The summed E-state index contributed by atoms with van der Waals surface area (Å²) >= 11 is 3.71. The van der Waals surface area contributed by atoms with Gasteiger partial charge in [-0.3, -0.25) is 0 Å². The summed E-state index contributed by atoms with van der Waals surface area (Å²) in [6.07, 6.45) is 0. The average molecular weight is 379 g/mol. The Morgan fingerprint density at radius 3 is 2.22 bits per heavy atom. The van der Waals surface area contributed by atoms with Crippen molar-refractivity contribution in [3.63, 3.8) is 0 Å². The van der Waals surface area contributed by atoms with E-state index in [1.54, 1.807) is 20.7 Å². The van der Waals surface area contributed by atoms with Crippen LogP contribution in [0.2, 0.25) is 0 Å². The van der Waals surface area contributed by atoms with E-state index in [9.17, 15) is 4.21 Å². The minimum absolute atomic E-state index is 0.157. The molecule has 1 aromatic heterocycles. The highest BCUT2D eigenvalue weighted by molar-refractivity contribution is 7.80. The molecule has 0 saturated heterocycles. The van der Waals surface area contributed by atoms with E-state index >= 15 is 0 Å². The van der Waals surface area contributed by atoms with Gasteiger partial charge in [0.25, 0.3) is 0 Å². The van der Waals surface area contributed by atoms with Gasteiger partial charge in [0.05, 0.1) is 10.6 Å². The Bertz CT molecular complexity index is 890. The molecule has 0 bridgehead atoms. The van der Waals surface area contributed by atoms with Gasteiger partial charge in [0.15, 0.2) is 11.1 Å². The highest BCUT2D eigenvalue weighted by Crippen LogP contribution is 2.41. The number of hydrogen-bond acceptors (Lipinski definition) is 4. The molecular formula is C17H14O2S4. The van der Waals surface area contributed by atoms with Crippen LogP contribution < -0.4 is 0 Å². The van der Waals surface area contributed by atoms with Gasteiger partial charge in [-0.05, 0) is 23.6 Å². The molecule has 2 aromatic carbocycles. The molecule has 0 amide bonds. The van der Waals surface area contributed by atoms with E-state index in [0.29, 0.717) is 0 Å². The summed E-state index contributed by atoms with van der Waals surface area (Å²) in [7, 11) is 3.28. The van der Waals surface area contributed by atoms with Crippen LogP contribution in [0.3, 0.4) is 0 Å². The van der Waals surface area contributed by atoms with Gasteiger partial charge >= 0.3 is 0 Å². The lowest BCUT2D eigenvalue weighted by molar-refractivity contribution is 0.563. The van der Waals surface area contributed by atoms with Crippen LogP contribution in [0.15, 0.2) is 48.5 Å². The third kappa shape index (κ3) is 3.84. The van der Waals surface area contributed by atoms with E-state index in [4.69, 9.17) is 16.8 Å². The van der Waals surface area contributed by atoms with Gasteiger partial charge in [-0.2, -0.15) is 0 Å². The van der Waals surface area contributed by atoms with Crippen LogP contribution in [0.4, 0.5) is 0 Å². The SMILES string of the molecule is Cc1ccc(-c2c(-c3ccc(CS(=O)O)cc3)ssc2=S)cc1. The normalized spacial score (nSPS) is 12.3. The van der Waals surface area contributed by atoms with Gasteiger partial charge in [0.2, 0.25) is 0 Å². The second kappa shape index (κ2) is 7.15. The van der Waals surface area contributed by atoms with E-state index in [0.717, 1.165) is 31.0 Å². The molecule has 0 aliphatic heterocycles. The molecule has 0 aliphatic carbocycles. The molecule has 0 radical (unpaired) electrons. The predicted octanol–water partition coefficient (Wildman–Crippen LogP) is 5.90. The number of aryl methyl sites for hydroxylation is 1. The molecule has 1 atom stereocenters. The van der Waals surface area contributed by atoms with Crippen LogP contribution in [-0.2, 0) is 16.8 Å². The maximum Gasteiger partial charge on any atom is 0.157 e. The molecule has 1 unspecified atom stereocenters. The van der Waals surface area contributed by atoms with Gasteiger partial charge in [-0.1, -0.05) is 87.0 Å².